The van der Waals surface area contributed by atoms with Crippen molar-refractivity contribution in [3.05, 3.63) is 83.7 Å². The lowest BCUT2D eigenvalue weighted by Crippen LogP contribution is -2.26. The molecule has 0 radical (unpaired) electrons. The van der Waals surface area contributed by atoms with Gasteiger partial charge in [-0.3, -0.25) is 4.79 Å². The molecule has 0 spiro atoms. The molecule has 3 rings (SSSR count). The molecule has 3 aromatic carbocycles. The highest BCUT2D eigenvalue weighted by Crippen LogP contribution is 2.31. The van der Waals surface area contributed by atoms with Gasteiger partial charge in [-0.05, 0) is 47.5 Å². The van der Waals surface area contributed by atoms with Gasteiger partial charge in [-0.2, -0.15) is 0 Å². The first-order valence-corrected chi connectivity index (χ1v) is 9.42. The summed E-state index contributed by atoms with van der Waals surface area (Å²) in [5.41, 5.74) is 7.73. The molecule has 1 atom stereocenters. The minimum absolute atomic E-state index is 0.00261. The summed E-state index contributed by atoms with van der Waals surface area (Å²) in [5, 5.41) is 21.6. The molecular weight excluding hydrogens is 387 g/mol. The van der Waals surface area contributed by atoms with Crippen LogP contribution in [-0.4, -0.2) is 35.4 Å². The summed E-state index contributed by atoms with van der Waals surface area (Å²) in [6, 6.07) is 17.8. The van der Waals surface area contributed by atoms with Crippen LogP contribution >= 0.6 is 0 Å². The molecule has 6 nitrogen and oxygen atoms in total. The number of halogens is 1. The van der Waals surface area contributed by atoms with Crippen molar-refractivity contribution in [1.29, 1.82) is 0 Å². The lowest BCUT2D eigenvalue weighted by Gasteiger charge is -2.15. The molecule has 0 bridgehead atoms. The van der Waals surface area contributed by atoms with Crippen LogP contribution in [0, 0.1) is 5.82 Å². The van der Waals surface area contributed by atoms with E-state index in [1.807, 2.05) is 0 Å². The molecule has 0 aliphatic heterocycles. The van der Waals surface area contributed by atoms with E-state index >= 15 is 0 Å². The molecule has 156 valence electrons. The number of nitrogens with one attached hydrogen (secondary N) is 1. The summed E-state index contributed by atoms with van der Waals surface area (Å²) in [5.74, 6) is -0.612. The Labute approximate surface area is 173 Å². The van der Waals surface area contributed by atoms with Gasteiger partial charge in [0.1, 0.15) is 24.3 Å². The van der Waals surface area contributed by atoms with Crippen LogP contribution in [0.25, 0.3) is 11.1 Å². The topological polar surface area (TPSA) is 105 Å². The third kappa shape index (κ3) is 5.42. The van der Waals surface area contributed by atoms with E-state index in [1.165, 1.54) is 6.07 Å². The number of nitrogens with two attached hydrogens (primary N) is 1. The van der Waals surface area contributed by atoms with Gasteiger partial charge in [-0.15, -0.1) is 0 Å². The average molecular weight is 410 g/mol. The van der Waals surface area contributed by atoms with Crippen LogP contribution in [0.3, 0.4) is 0 Å². The van der Waals surface area contributed by atoms with Crippen molar-refractivity contribution in [1.82, 2.24) is 0 Å². The van der Waals surface area contributed by atoms with Gasteiger partial charge < -0.3 is 26.0 Å². The fourth-order valence-corrected chi connectivity index (χ4v) is 2.91. The highest BCUT2D eigenvalue weighted by atomic mass is 19.1. The van der Waals surface area contributed by atoms with E-state index in [0.29, 0.717) is 28.1 Å². The number of aliphatic hydroxyl groups excluding tert-OH is 2. The van der Waals surface area contributed by atoms with Gasteiger partial charge in [0, 0.05) is 23.4 Å². The molecule has 0 heterocycles. The number of anilines is 1. The Morgan fingerprint density at radius 1 is 1.10 bits per heavy atom. The zero-order chi connectivity index (χ0) is 21.5. The quantitative estimate of drug-likeness (QED) is 0.457. The number of ether oxygens (including phenoxy) is 1. The number of hydrogen-bond acceptors (Lipinski definition) is 5. The van der Waals surface area contributed by atoms with E-state index in [4.69, 9.17) is 10.5 Å². The molecule has 5 N–H and O–H groups in total. The van der Waals surface area contributed by atoms with Gasteiger partial charge in [0.25, 0.3) is 5.91 Å². The maximum Gasteiger partial charge on any atom is 0.255 e. The third-order valence-electron chi connectivity index (χ3n) is 4.43. The van der Waals surface area contributed by atoms with Gasteiger partial charge in [-0.1, -0.05) is 30.3 Å². The van der Waals surface area contributed by atoms with Crippen LogP contribution in [0.5, 0.6) is 5.75 Å². The van der Waals surface area contributed by atoms with Crippen molar-refractivity contribution in [2.75, 3.05) is 18.5 Å². The number of rotatable bonds is 8. The molecule has 0 aliphatic carbocycles. The van der Waals surface area contributed by atoms with Gasteiger partial charge in [0.2, 0.25) is 0 Å². The van der Waals surface area contributed by atoms with E-state index in [0.717, 1.165) is 6.07 Å². The Hall–Kier alpha value is -3.26. The van der Waals surface area contributed by atoms with Crippen LogP contribution in [0.15, 0.2) is 66.7 Å². The number of amides is 1. The molecule has 0 fully saturated rings. The van der Waals surface area contributed by atoms with Crippen LogP contribution in [0.1, 0.15) is 15.9 Å². The molecular formula is C23H23FN2O4. The molecule has 0 unspecified atom stereocenters. The van der Waals surface area contributed by atoms with Crippen LogP contribution < -0.4 is 15.8 Å². The smallest absolute Gasteiger partial charge is 0.255 e. The van der Waals surface area contributed by atoms with E-state index in [1.54, 1.807) is 54.6 Å². The Morgan fingerprint density at radius 2 is 1.90 bits per heavy atom. The fraction of sp³-hybridized carbons (Fsp3) is 0.174. The van der Waals surface area contributed by atoms with Gasteiger partial charge >= 0.3 is 0 Å². The van der Waals surface area contributed by atoms with Crippen LogP contribution in [0.4, 0.5) is 10.1 Å². The highest BCUT2D eigenvalue weighted by molar-refractivity contribution is 6.05. The number of carbonyl (C=O) groups excluding carboxylic acids is 1. The third-order valence-corrected chi connectivity index (χ3v) is 4.43. The SMILES string of the molecule is NC[C@H](O)COc1ccccc1-c1cc(F)cc(C(=O)Nc2cccc(CO)c2)c1. The average Bonchev–Trinajstić information content (AvgIpc) is 2.77. The number of hydrogen-bond donors (Lipinski definition) is 4. The molecule has 3 aromatic rings. The van der Waals surface area contributed by atoms with Crippen LogP contribution in [-0.2, 0) is 6.61 Å². The summed E-state index contributed by atoms with van der Waals surface area (Å²) in [6.07, 6.45) is -0.818. The van der Waals surface area contributed by atoms with Gasteiger partial charge in [0.15, 0.2) is 0 Å². The summed E-state index contributed by atoms with van der Waals surface area (Å²) in [4.78, 5) is 12.7. The maximum atomic E-state index is 14.3. The molecule has 0 saturated heterocycles. The number of para-hydroxylation sites is 1. The van der Waals surface area contributed by atoms with Gasteiger partial charge in [-0.25, -0.2) is 4.39 Å². The molecule has 7 heteroatoms. The monoisotopic (exact) mass is 410 g/mol. The second-order valence-electron chi connectivity index (χ2n) is 6.74. The van der Waals surface area contributed by atoms with E-state index in [-0.39, 0.29) is 25.3 Å². The van der Waals surface area contributed by atoms with E-state index < -0.39 is 17.8 Å². The predicted octanol–water partition coefficient (Wildman–Crippen LogP) is 2.94. The fourth-order valence-electron chi connectivity index (χ4n) is 2.91. The minimum Gasteiger partial charge on any atom is -0.490 e. The predicted molar refractivity (Wildman–Crippen MR) is 113 cm³/mol. The Kier molecular flexibility index (Phi) is 7.13. The lowest BCUT2D eigenvalue weighted by atomic mass is 10.0. The van der Waals surface area contributed by atoms with Crippen molar-refractivity contribution in [3.63, 3.8) is 0 Å². The molecule has 0 saturated carbocycles. The normalized spacial score (nSPS) is 11.7. The standard InChI is InChI=1S/C23H23FN2O4/c24-18-10-16(21-6-1-2-7-22(21)30-14-20(28)12-25)9-17(11-18)23(29)26-19-5-3-4-15(8-19)13-27/h1-11,20,27-28H,12-14,25H2,(H,26,29)/t20-/m0/s1. The van der Waals surface area contributed by atoms with E-state index in [9.17, 15) is 19.4 Å². The van der Waals surface area contributed by atoms with Crippen molar-refractivity contribution in [2.24, 2.45) is 5.73 Å². The van der Waals surface area contributed by atoms with Crippen molar-refractivity contribution in [2.45, 2.75) is 12.7 Å². The van der Waals surface area contributed by atoms with Gasteiger partial charge in [0.05, 0.1) is 6.61 Å². The molecule has 30 heavy (non-hydrogen) atoms. The van der Waals surface area contributed by atoms with Crippen molar-refractivity contribution < 1.29 is 24.1 Å². The summed E-state index contributed by atoms with van der Waals surface area (Å²) < 4.78 is 20.0. The van der Waals surface area contributed by atoms with Crippen molar-refractivity contribution in [3.8, 4) is 16.9 Å². The second-order valence-corrected chi connectivity index (χ2v) is 6.74. The summed E-state index contributed by atoms with van der Waals surface area (Å²) in [6.45, 7) is -0.0925. The summed E-state index contributed by atoms with van der Waals surface area (Å²) in [7, 11) is 0. The number of carbonyl (C=O) groups is 1. The minimum atomic E-state index is -0.818. The highest BCUT2D eigenvalue weighted by Gasteiger charge is 2.14. The Bertz CT molecular complexity index is 1030. The zero-order valence-electron chi connectivity index (χ0n) is 16.2. The maximum absolute atomic E-state index is 14.3. The first-order valence-electron chi connectivity index (χ1n) is 9.42. The Balaban J connectivity index is 1.87. The van der Waals surface area contributed by atoms with Crippen molar-refractivity contribution >= 4 is 11.6 Å². The lowest BCUT2D eigenvalue weighted by molar-refractivity contribution is 0.102. The van der Waals surface area contributed by atoms with E-state index in [2.05, 4.69) is 5.32 Å². The van der Waals surface area contributed by atoms with Crippen LogP contribution in [0.2, 0.25) is 0 Å². The number of benzene rings is 3. The Morgan fingerprint density at radius 3 is 2.67 bits per heavy atom. The first-order chi connectivity index (χ1) is 14.5. The zero-order valence-corrected chi connectivity index (χ0v) is 16.2. The number of aliphatic hydroxyl groups is 2. The molecule has 0 aliphatic rings. The molecule has 1 amide bonds. The first kappa shape index (κ1) is 21.4. The second kappa shape index (κ2) is 9.98. The largest absolute Gasteiger partial charge is 0.490 e. The molecule has 0 aromatic heterocycles. The summed E-state index contributed by atoms with van der Waals surface area (Å²) >= 11 is 0.